The third kappa shape index (κ3) is 3.62. The van der Waals surface area contributed by atoms with E-state index in [9.17, 15) is 0 Å². The highest BCUT2D eigenvalue weighted by Gasteiger charge is 2.12. The maximum absolute atomic E-state index is 5.64. The maximum atomic E-state index is 5.64. The third-order valence-electron chi connectivity index (χ3n) is 3.28. The van der Waals surface area contributed by atoms with E-state index in [0.717, 1.165) is 19.5 Å². The monoisotopic (exact) mass is 220 g/mol. The van der Waals surface area contributed by atoms with E-state index < -0.39 is 0 Å². The minimum absolute atomic E-state index is 0.601. The van der Waals surface area contributed by atoms with Crippen LogP contribution in [0.25, 0.3) is 0 Å². The van der Waals surface area contributed by atoms with Crippen molar-refractivity contribution in [2.75, 3.05) is 13.6 Å². The molecule has 1 aromatic carbocycles. The van der Waals surface area contributed by atoms with Gasteiger partial charge in [0.1, 0.15) is 0 Å². The summed E-state index contributed by atoms with van der Waals surface area (Å²) in [5.41, 5.74) is 8.43. The molecule has 2 nitrogen and oxygen atoms in total. The minimum Gasteiger partial charge on any atom is -0.330 e. The van der Waals surface area contributed by atoms with Crippen LogP contribution in [0, 0.1) is 6.92 Å². The van der Waals surface area contributed by atoms with Crippen LogP contribution < -0.4 is 5.73 Å². The molecule has 1 atom stereocenters. The Morgan fingerprint density at radius 1 is 1.31 bits per heavy atom. The Morgan fingerprint density at radius 3 is 2.56 bits per heavy atom. The van der Waals surface area contributed by atoms with Gasteiger partial charge >= 0.3 is 0 Å². The lowest BCUT2D eigenvalue weighted by atomic mass is 10.1. The van der Waals surface area contributed by atoms with E-state index in [4.69, 9.17) is 5.73 Å². The van der Waals surface area contributed by atoms with Crippen molar-refractivity contribution in [3.8, 4) is 0 Å². The molecule has 2 heteroatoms. The van der Waals surface area contributed by atoms with Gasteiger partial charge in [-0.15, -0.1) is 0 Å². The van der Waals surface area contributed by atoms with Gasteiger partial charge in [0.05, 0.1) is 0 Å². The van der Waals surface area contributed by atoms with Crippen molar-refractivity contribution < 1.29 is 0 Å². The molecule has 0 spiro atoms. The van der Waals surface area contributed by atoms with Crippen LogP contribution in [-0.4, -0.2) is 24.5 Å². The quantitative estimate of drug-likeness (QED) is 0.798. The molecular weight excluding hydrogens is 196 g/mol. The number of nitrogens with two attached hydrogens (primary N) is 1. The molecule has 0 aliphatic carbocycles. The summed E-state index contributed by atoms with van der Waals surface area (Å²) >= 11 is 0. The molecule has 0 aromatic heterocycles. The predicted molar refractivity (Wildman–Crippen MR) is 70.4 cm³/mol. The molecule has 0 amide bonds. The second kappa shape index (κ2) is 6.66. The number of nitrogens with zero attached hydrogens (tertiary/aromatic N) is 1. The summed E-state index contributed by atoms with van der Waals surface area (Å²) in [6, 6.07) is 9.19. The van der Waals surface area contributed by atoms with Gasteiger partial charge in [0.25, 0.3) is 0 Å². The van der Waals surface area contributed by atoms with E-state index in [-0.39, 0.29) is 0 Å². The van der Waals surface area contributed by atoms with Crippen LogP contribution in [0.2, 0.25) is 0 Å². The van der Waals surface area contributed by atoms with Gasteiger partial charge in [-0.2, -0.15) is 0 Å². The van der Waals surface area contributed by atoms with Gasteiger partial charge in [0.15, 0.2) is 0 Å². The van der Waals surface area contributed by atoms with Crippen molar-refractivity contribution in [3.05, 3.63) is 35.4 Å². The Bertz CT molecular complexity index is 309. The Morgan fingerprint density at radius 2 is 2.00 bits per heavy atom. The Kier molecular flexibility index (Phi) is 5.50. The molecule has 1 rings (SSSR count). The summed E-state index contributed by atoms with van der Waals surface area (Å²) in [7, 11) is 2.19. The SMILES string of the molecule is CCC(CCN)N(C)Cc1ccccc1C. The molecule has 0 fully saturated rings. The zero-order valence-electron chi connectivity index (χ0n) is 10.7. The average Bonchev–Trinajstić information content (AvgIpc) is 2.29. The molecule has 0 saturated carbocycles. The molecule has 2 N–H and O–H groups in total. The van der Waals surface area contributed by atoms with Crippen LogP contribution in [0.3, 0.4) is 0 Å². The van der Waals surface area contributed by atoms with Crippen LogP contribution in [0.15, 0.2) is 24.3 Å². The Labute approximate surface area is 99.5 Å². The summed E-state index contributed by atoms with van der Waals surface area (Å²) in [6.07, 6.45) is 2.25. The molecule has 0 heterocycles. The fraction of sp³-hybridized carbons (Fsp3) is 0.571. The normalized spacial score (nSPS) is 13.1. The maximum Gasteiger partial charge on any atom is 0.0236 e. The van der Waals surface area contributed by atoms with Crippen LogP contribution in [0.4, 0.5) is 0 Å². The molecule has 0 aliphatic heterocycles. The smallest absolute Gasteiger partial charge is 0.0236 e. The third-order valence-corrected chi connectivity index (χ3v) is 3.28. The molecule has 90 valence electrons. The molecule has 1 unspecified atom stereocenters. The van der Waals surface area contributed by atoms with Gasteiger partial charge in [-0.3, -0.25) is 4.90 Å². The average molecular weight is 220 g/mol. The van der Waals surface area contributed by atoms with E-state index in [1.54, 1.807) is 0 Å². The fourth-order valence-electron chi connectivity index (χ4n) is 2.11. The van der Waals surface area contributed by atoms with Crippen molar-refractivity contribution in [2.45, 2.75) is 39.3 Å². The molecule has 0 saturated heterocycles. The van der Waals surface area contributed by atoms with E-state index >= 15 is 0 Å². The lowest BCUT2D eigenvalue weighted by Crippen LogP contribution is -2.32. The van der Waals surface area contributed by atoms with Crippen LogP contribution in [0.1, 0.15) is 30.9 Å². The van der Waals surface area contributed by atoms with E-state index in [1.807, 2.05) is 0 Å². The second-order valence-electron chi connectivity index (χ2n) is 4.48. The number of aryl methyl sites for hydroxylation is 1. The van der Waals surface area contributed by atoms with E-state index in [2.05, 4.69) is 50.1 Å². The first-order valence-electron chi connectivity index (χ1n) is 6.13. The van der Waals surface area contributed by atoms with E-state index in [0.29, 0.717) is 6.04 Å². The standard InChI is InChI=1S/C14H24N2/c1-4-14(9-10-15)16(3)11-13-8-6-5-7-12(13)2/h5-8,14H,4,9-11,15H2,1-3H3. The van der Waals surface area contributed by atoms with Crippen molar-refractivity contribution in [1.82, 2.24) is 4.90 Å². The number of hydrogen-bond acceptors (Lipinski definition) is 2. The van der Waals surface area contributed by atoms with Crippen molar-refractivity contribution in [3.63, 3.8) is 0 Å². The molecular formula is C14H24N2. The first-order valence-corrected chi connectivity index (χ1v) is 6.13. The lowest BCUT2D eigenvalue weighted by Gasteiger charge is -2.27. The Balaban J connectivity index is 2.62. The van der Waals surface area contributed by atoms with Crippen molar-refractivity contribution in [1.29, 1.82) is 0 Å². The van der Waals surface area contributed by atoms with Gasteiger partial charge in [0.2, 0.25) is 0 Å². The number of benzene rings is 1. The summed E-state index contributed by atoms with van der Waals surface area (Å²) < 4.78 is 0. The first kappa shape index (κ1) is 13.2. The topological polar surface area (TPSA) is 29.3 Å². The van der Waals surface area contributed by atoms with Gasteiger partial charge in [0, 0.05) is 12.6 Å². The minimum atomic E-state index is 0.601. The zero-order valence-corrected chi connectivity index (χ0v) is 10.7. The van der Waals surface area contributed by atoms with Crippen LogP contribution in [-0.2, 0) is 6.54 Å². The van der Waals surface area contributed by atoms with Crippen LogP contribution in [0.5, 0.6) is 0 Å². The fourth-order valence-corrected chi connectivity index (χ4v) is 2.11. The molecule has 1 aromatic rings. The Hall–Kier alpha value is -0.860. The summed E-state index contributed by atoms with van der Waals surface area (Å²) in [5.74, 6) is 0. The first-order chi connectivity index (χ1) is 7.69. The number of hydrogen-bond donors (Lipinski definition) is 1. The second-order valence-corrected chi connectivity index (χ2v) is 4.48. The molecule has 0 radical (unpaired) electrons. The van der Waals surface area contributed by atoms with Gasteiger partial charge in [-0.1, -0.05) is 31.2 Å². The zero-order chi connectivity index (χ0) is 12.0. The highest BCUT2D eigenvalue weighted by atomic mass is 15.1. The van der Waals surface area contributed by atoms with E-state index in [1.165, 1.54) is 17.5 Å². The summed E-state index contributed by atoms with van der Waals surface area (Å²) in [5, 5.41) is 0. The number of rotatable bonds is 6. The largest absolute Gasteiger partial charge is 0.330 e. The predicted octanol–water partition coefficient (Wildman–Crippen LogP) is 2.55. The highest BCUT2D eigenvalue weighted by Crippen LogP contribution is 2.13. The van der Waals surface area contributed by atoms with Gasteiger partial charge < -0.3 is 5.73 Å². The van der Waals surface area contributed by atoms with Crippen molar-refractivity contribution in [2.24, 2.45) is 5.73 Å². The highest BCUT2D eigenvalue weighted by molar-refractivity contribution is 5.25. The molecule has 0 bridgehead atoms. The summed E-state index contributed by atoms with van der Waals surface area (Å²) in [6.45, 7) is 6.20. The lowest BCUT2D eigenvalue weighted by molar-refractivity contribution is 0.218. The molecule has 0 aliphatic rings. The van der Waals surface area contributed by atoms with Crippen molar-refractivity contribution >= 4 is 0 Å². The van der Waals surface area contributed by atoms with Crippen LogP contribution >= 0.6 is 0 Å². The molecule has 16 heavy (non-hydrogen) atoms. The van der Waals surface area contributed by atoms with Gasteiger partial charge in [-0.25, -0.2) is 0 Å². The summed E-state index contributed by atoms with van der Waals surface area (Å²) in [4.78, 5) is 2.41. The van der Waals surface area contributed by atoms with Gasteiger partial charge in [-0.05, 0) is 44.5 Å².